The van der Waals surface area contributed by atoms with Crippen molar-refractivity contribution in [2.45, 2.75) is 26.4 Å². The maximum Gasteiger partial charge on any atom is 0.306 e. The SMILES string of the molecule is CC1(C)CNCC(CC(=O)O)OC1. The van der Waals surface area contributed by atoms with Crippen LogP contribution in [0, 0.1) is 5.41 Å². The van der Waals surface area contributed by atoms with Crippen molar-refractivity contribution in [2.24, 2.45) is 5.41 Å². The number of carboxylic acids is 1. The van der Waals surface area contributed by atoms with Gasteiger partial charge in [0.2, 0.25) is 0 Å². The van der Waals surface area contributed by atoms with Gasteiger partial charge in [-0.2, -0.15) is 0 Å². The topological polar surface area (TPSA) is 58.6 Å². The molecule has 1 unspecified atom stereocenters. The number of ether oxygens (including phenoxy) is 1. The van der Waals surface area contributed by atoms with E-state index in [2.05, 4.69) is 19.2 Å². The van der Waals surface area contributed by atoms with Crippen LogP contribution in [0.5, 0.6) is 0 Å². The third-order valence-corrected chi connectivity index (χ3v) is 2.09. The zero-order chi connectivity index (χ0) is 9.90. The summed E-state index contributed by atoms with van der Waals surface area (Å²) in [5, 5.41) is 11.8. The highest BCUT2D eigenvalue weighted by Crippen LogP contribution is 2.18. The van der Waals surface area contributed by atoms with E-state index in [1.54, 1.807) is 0 Å². The van der Waals surface area contributed by atoms with E-state index in [0.29, 0.717) is 13.2 Å². The summed E-state index contributed by atoms with van der Waals surface area (Å²) in [6.45, 7) is 6.34. The van der Waals surface area contributed by atoms with Gasteiger partial charge in [-0.1, -0.05) is 13.8 Å². The normalized spacial score (nSPS) is 28.0. The Balaban J connectivity index is 2.40. The summed E-state index contributed by atoms with van der Waals surface area (Å²) in [6.07, 6.45) is -0.0948. The van der Waals surface area contributed by atoms with E-state index in [1.165, 1.54) is 0 Å². The van der Waals surface area contributed by atoms with E-state index in [-0.39, 0.29) is 17.9 Å². The minimum atomic E-state index is -0.800. The van der Waals surface area contributed by atoms with E-state index in [1.807, 2.05) is 0 Å². The monoisotopic (exact) mass is 187 g/mol. The first-order chi connectivity index (χ1) is 5.99. The largest absolute Gasteiger partial charge is 0.481 e. The molecule has 1 fully saturated rings. The van der Waals surface area contributed by atoms with E-state index < -0.39 is 5.97 Å². The van der Waals surface area contributed by atoms with Crippen molar-refractivity contribution in [3.8, 4) is 0 Å². The molecule has 1 atom stereocenters. The van der Waals surface area contributed by atoms with Gasteiger partial charge in [0.1, 0.15) is 0 Å². The highest BCUT2D eigenvalue weighted by Gasteiger charge is 2.25. The van der Waals surface area contributed by atoms with Gasteiger partial charge in [-0.3, -0.25) is 4.79 Å². The number of carboxylic acid groups (broad SMARTS) is 1. The van der Waals surface area contributed by atoms with Crippen LogP contribution >= 0.6 is 0 Å². The second-order valence-corrected chi connectivity index (χ2v) is 4.33. The van der Waals surface area contributed by atoms with E-state index in [4.69, 9.17) is 9.84 Å². The Morgan fingerprint density at radius 3 is 3.00 bits per heavy atom. The summed E-state index contributed by atoms with van der Waals surface area (Å²) in [7, 11) is 0. The van der Waals surface area contributed by atoms with Crippen LogP contribution in [0.15, 0.2) is 0 Å². The lowest BCUT2D eigenvalue weighted by Gasteiger charge is -2.21. The average Bonchev–Trinajstić information content (AvgIpc) is 2.12. The van der Waals surface area contributed by atoms with Crippen LogP contribution in [-0.2, 0) is 9.53 Å². The first-order valence-electron chi connectivity index (χ1n) is 4.54. The fourth-order valence-electron chi connectivity index (χ4n) is 1.35. The third kappa shape index (κ3) is 3.74. The molecule has 0 saturated carbocycles. The molecule has 1 aliphatic heterocycles. The summed E-state index contributed by atoms with van der Waals surface area (Å²) in [6, 6.07) is 0. The summed E-state index contributed by atoms with van der Waals surface area (Å²) < 4.78 is 5.49. The smallest absolute Gasteiger partial charge is 0.306 e. The van der Waals surface area contributed by atoms with Crippen LogP contribution in [0.25, 0.3) is 0 Å². The van der Waals surface area contributed by atoms with Crippen LogP contribution in [0.3, 0.4) is 0 Å². The molecule has 0 aromatic carbocycles. The lowest BCUT2D eigenvalue weighted by atomic mass is 9.95. The quantitative estimate of drug-likeness (QED) is 0.660. The molecule has 0 aromatic rings. The number of hydrogen-bond acceptors (Lipinski definition) is 3. The van der Waals surface area contributed by atoms with Crippen LogP contribution < -0.4 is 5.32 Å². The average molecular weight is 187 g/mol. The minimum Gasteiger partial charge on any atom is -0.481 e. The molecule has 0 aliphatic carbocycles. The van der Waals surface area contributed by atoms with Crippen LogP contribution in [0.1, 0.15) is 20.3 Å². The van der Waals surface area contributed by atoms with E-state index >= 15 is 0 Å². The predicted molar refractivity (Wildman–Crippen MR) is 48.6 cm³/mol. The Morgan fingerprint density at radius 1 is 1.69 bits per heavy atom. The number of rotatable bonds is 2. The highest BCUT2D eigenvalue weighted by molar-refractivity contribution is 5.67. The van der Waals surface area contributed by atoms with Gasteiger partial charge in [-0.15, -0.1) is 0 Å². The van der Waals surface area contributed by atoms with Gasteiger partial charge in [0.25, 0.3) is 0 Å². The van der Waals surface area contributed by atoms with Gasteiger partial charge >= 0.3 is 5.97 Å². The third-order valence-electron chi connectivity index (χ3n) is 2.09. The van der Waals surface area contributed by atoms with Crippen molar-refractivity contribution in [3.63, 3.8) is 0 Å². The molecule has 4 heteroatoms. The van der Waals surface area contributed by atoms with Gasteiger partial charge in [-0.25, -0.2) is 0 Å². The lowest BCUT2D eigenvalue weighted by Crippen LogP contribution is -2.30. The van der Waals surface area contributed by atoms with Crippen molar-refractivity contribution in [3.05, 3.63) is 0 Å². The molecule has 13 heavy (non-hydrogen) atoms. The van der Waals surface area contributed by atoms with Crippen molar-refractivity contribution < 1.29 is 14.6 Å². The molecule has 4 nitrogen and oxygen atoms in total. The Kier molecular flexibility index (Phi) is 3.27. The van der Waals surface area contributed by atoms with E-state index in [0.717, 1.165) is 6.54 Å². The molecule has 0 aromatic heterocycles. The molecule has 0 bridgehead atoms. The molecular weight excluding hydrogens is 170 g/mol. The zero-order valence-electron chi connectivity index (χ0n) is 8.17. The van der Waals surface area contributed by atoms with Crippen LogP contribution in [0.4, 0.5) is 0 Å². The van der Waals surface area contributed by atoms with Gasteiger partial charge in [0.05, 0.1) is 19.1 Å². The fourth-order valence-corrected chi connectivity index (χ4v) is 1.35. The number of hydrogen-bond donors (Lipinski definition) is 2. The van der Waals surface area contributed by atoms with Crippen LogP contribution in [-0.4, -0.2) is 36.9 Å². The lowest BCUT2D eigenvalue weighted by molar-refractivity contribution is -0.140. The molecule has 1 aliphatic rings. The Bertz CT molecular complexity index is 191. The predicted octanol–water partition coefficient (Wildman–Crippen LogP) is 0.476. The molecular formula is C9H17NO3. The molecule has 76 valence electrons. The number of nitrogens with one attached hydrogen (secondary N) is 1. The van der Waals surface area contributed by atoms with Gasteiger partial charge in [0.15, 0.2) is 0 Å². The van der Waals surface area contributed by atoms with Crippen LogP contribution in [0.2, 0.25) is 0 Å². The Labute approximate surface area is 78.3 Å². The van der Waals surface area contributed by atoms with Gasteiger partial charge in [-0.05, 0) is 0 Å². The molecule has 2 N–H and O–H groups in total. The Morgan fingerprint density at radius 2 is 2.38 bits per heavy atom. The molecule has 1 rings (SSSR count). The first kappa shape index (κ1) is 10.5. The second-order valence-electron chi connectivity index (χ2n) is 4.33. The van der Waals surface area contributed by atoms with Crippen molar-refractivity contribution >= 4 is 5.97 Å². The van der Waals surface area contributed by atoms with Gasteiger partial charge < -0.3 is 15.2 Å². The maximum atomic E-state index is 10.4. The molecule has 1 heterocycles. The number of carbonyl (C=O) groups is 1. The molecule has 0 amide bonds. The maximum absolute atomic E-state index is 10.4. The fraction of sp³-hybridized carbons (Fsp3) is 0.889. The standard InChI is InChI=1S/C9H17NO3/c1-9(2)5-10-4-7(13-6-9)3-8(11)12/h7,10H,3-6H2,1-2H3,(H,11,12). The van der Waals surface area contributed by atoms with Crippen molar-refractivity contribution in [1.82, 2.24) is 5.32 Å². The highest BCUT2D eigenvalue weighted by atomic mass is 16.5. The minimum absolute atomic E-state index is 0.0864. The summed E-state index contributed by atoms with van der Waals surface area (Å²) in [4.78, 5) is 10.4. The Hall–Kier alpha value is -0.610. The van der Waals surface area contributed by atoms with Crippen molar-refractivity contribution in [1.29, 1.82) is 0 Å². The summed E-state index contributed by atoms with van der Waals surface area (Å²) in [5.41, 5.74) is 0.104. The first-order valence-corrected chi connectivity index (χ1v) is 4.54. The number of aliphatic carboxylic acids is 1. The van der Waals surface area contributed by atoms with Crippen molar-refractivity contribution in [2.75, 3.05) is 19.7 Å². The second kappa shape index (κ2) is 4.07. The summed E-state index contributed by atoms with van der Waals surface area (Å²) >= 11 is 0. The molecule has 0 spiro atoms. The molecule has 0 radical (unpaired) electrons. The summed E-state index contributed by atoms with van der Waals surface area (Å²) in [5.74, 6) is -0.800. The molecule has 1 saturated heterocycles. The van der Waals surface area contributed by atoms with Gasteiger partial charge in [0, 0.05) is 18.5 Å². The zero-order valence-corrected chi connectivity index (χ0v) is 8.17. The van der Waals surface area contributed by atoms with E-state index in [9.17, 15) is 4.79 Å².